The Balaban J connectivity index is 1.52. The minimum atomic E-state index is -4.23. The van der Waals surface area contributed by atoms with Crippen LogP contribution in [0.3, 0.4) is 0 Å². The largest absolute Gasteiger partial charge is 0.495 e. The van der Waals surface area contributed by atoms with E-state index in [-0.39, 0.29) is 28.9 Å². The Hall–Kier alpha value is -4.33. The van der Waals surface area contributed by atoms with E-state index in [0.29, 0.717) is 30.1 Å². The van der Waals surface area contributed by atoms with E-state index in [1.165, 1.54) is 41.1 Å². The summed E-state index contributed by atoms with van der Waals surface area (Å²) in [4.78, 5) is 27.5. The Morgan fingerprint density at radius 3 is 2.60 bits per heavy atom. The summed E-state index contributed by atoms with van der Waals surface area (Å²) in [6, 6.07) is 12.7. The van der Waals surface area contributed by atoms with Gasteiger partial charge in [0.25, 0.3) is 11.8 Å². The molecule has 8 nitrogen and oxygen atoms in total. The number of benzene rings is 2. The lowest BCUT2D eigenvalue weighted by molar-refractivity contribution is -0.134. The number of amides is 2. The molecule has 2 amide bonds. The number of alkyl halides is 3. The maximum absolute atomic E-state index is 13.2. The molecular formula is C24H20F3N5O3. The summed E-state index contributed by atoms with van der Waals surface area (Å²) in [5.74, 6) is -0.597. The zero-order chi connectivity index (χ0) is 25.2. The second-order valence-corrected chi connectivity index (χ2v) is 7.85. The van der Waals surface area contributed by atoms with Crippen molar-refractivity contribution in [2.45, 2.75) is 25.6 Å². The van der Waals surface area contributed by atoms with Crippen LogP contribution in [0.4, 0.5) is 24.5 Å². The van der Waals surface area contributed by atoms with Gasteiger partial charge in [-0.1, -0.05) is 12.1 Å². The molecule has 0 aliphatic carbocycles. The van der Waals surface area contributed by atoms with Gasteiger partial charge in [-0.05, 0) is 42.3 Å². The van der Waals surface area contributed by atoms with Gasteiger partial charge in [0.2, 0.25) is 0 Å². The molecule has 2 heterocycles. The first-order valence-electron chi connectivity index (χ1n) is 10.6. The van der Waals surface area contributed by atoms with Gasteiger partial charge in [0.05, 0.1) is 31.1 Å². The molecule has 0 fully saturated rings. The van der Waals surface area contributed by atoms with Gasteiger partial charge in [-0.25, -0.2) is 0 Å². The second-order valence-electron chi connectivity index (χ2n) is 7.85. The maximum atomic E-state index is 13.2. The maximum Gasteiger partial charge on any atom is 0.389 e. The lowest BCUT2D eigenvalue weighted by atomic mass is 10.1. The number of anilines is 2. The number of hydrogen-bond donors (Lipinski definition) is 1. The van der Waals surface area contributed by atoms with Crippen LogP contribution >= 0.6 is 0 Å². The molecule has 180 valence electrons. The van der Waals surface area contributed by atoms with Crippen molar-refractivity contribution in [3.63, 3.8) is 0 Å². The molecule has 0 unspecified atom stereocenters. The van der Waals surface area contributed by atoms with E-state index in [0.717, 1.165) is 0 Å². The summed E-state index contributed by atoms with van der Waals surface area (Å²) in [6.45, 7) is 0.681. The molecule has 1 aliphatic heterocycles. The van der Waals surface area contributed by atoms with Crippen LogP contribution in [0.5, 0.6) is 5.75 Å². The Bertz CT molecular complexity index is 1310. The van der Waals surface area contributed by atoms with Crippen molar-refractivity contribution < 1.29 is 27.5 Å². The number of halogens is 3. The monoisotopic (exact) mass is 483 g/mol. The number of aromatic nitrogens is 2. The molecule has 0 saturated heterocycles. The molecule has 35 heavy (non-hydrogen) atoms. The molecule has 2 aromatic carbocycles. The first kappa shape index (κ1) is 23.8. The predicted molar refractivity (Wildman–Crippen MR) is 120 cm³/mol. The molecular weight excluding hydrogens is 463 g/mol. The molecule has 1 N–H and O–H groups in total. The van der Waals surface area contributed by atoms with E-state index in [9.17, 15) is 28.0 Å². The van der Waals surface area contributed by atoms with E-state index in [4.69, 9.17) is 4.74 Å². The first-order valence-corrected chi connectivity index (χ1v) is 10.6. The quantitative estimate of drug-likeness (QED) is 0.567. The zero-order valence-electron chi connectivity index (χ0n) is 18.6. The molecule has 1 aromatic heterocycles. The minimum absolute atomic E-state index is 0.139. The first-order chi connectivity index (χ1) is 16.7. The van der Waals surface area contributed by atoms with Crippen LogP contribution in [0.1, 0.15) is 38.4 Å². The van der Waals surface area contributed by atoms with Gasteiger partial charge in [0.1, 0.15) is 17.5 Å². The highest BCUT2D eigenvalue weighted by molar-refractivity contribution is 6.13. The number of nitrogens with zero attached hydrogens (tertiary/aromatic N) is 4. The van der Waals surface area contributed by atoms with Gasteiger partial charge in [-0.2, -0.15) is 23.5 Å². The van der Waals surface area contributed by atoms with Crippen LogP contribution < -0.4 is 15.0 Å². The standard InChI is InChI=1S/C24H20F3N5O3/c1-35-20-7-4-16(12-17(20)13-28)22(33)30-19-14-29-32-11-10-31(23(34)21(19)32)18-5-2-15(3-6-18)8-9-24(25,26)27/h2-7,12,14H,8-11H2,1H3,(H,30,33). The van der Waals surface area contributed by atoms with E-state index in [1.807, 2.05) is 6.07 Å². The zero-order valence-corrected chi connectivity index (χ0v) is 18.6. The van der Waals surface area contributed by atoms with Crippen molar-refractivity contribution in [1.29, 1.82) is 5.26 Å². The summed E-state index contributed by atoms with van der Waals surface area (Å²) in [5.41, 5.74) is 1.84. The van der Waals surface area contributed by atoms with Crippen molar-refractivity contribution in [3.05, 3.63) is 71.0 Å². The third-order valence-corrected chi connectivity index (χ3v) is 5.60. The van der Waals surface area contributed by atoms with Crippen LogP contribution in [0, 0.1) is 11.3 Å². The van der Waals surface area contributed by atoms with E-state index >= 15 is 0 Å². The third kappa shape index (κ3) is 5.11. The van der Waals surface area contributed by atoms with Crippen molar-refractivity contribution >= 4 is 23.2 Å². The molecule has 3 aromatic rings. The second kappa shape index (κ2) is 9.50. The number of carbonyl (C=O) groups is 2. The van der Waals surface area contributed by atoms with Crippen molar-refractivity contribution in [2.24, 2.45) is 0 Å². The van der Waals surface area contributed by atoms with E-state index in [2.05, 4.69) is 10.4 Å². The number of hydrogen-bond acceptors (Lipinski definition) is 5. The van der Waals surface area contributed by atoms with Crippen molar-refractivity contribution in [2.75, 3.05) is 23.9 Å². The Kier molecular flexibility index (Phi) is 6.46. The Morgan fingerprint density at radius 1 is 1.20 bits per heavy atom. The smallest absolute Gasteiger partial charge is 0.389 e. The average Bonchev–Trinajstić information content (AvgIpc) is 3.26. The lowest BCUT2D eigenvalue weighted by Crippen LogP contribution is -2.41. The fraction of sp³-hybridized carbons (Fsp3) is 0.250. The number of carbonyl (C=O) groups excluding carboxylic acids is 2. The van der Waals surface area contributed by atoms with Crippen molar-refractivity contribution in [3.8, 4) is 11.8 Å². The van der Waals surface area contributed by atoms with Gasteiger partial charge in [-0.3, -0.25) is 14.3 Å². The molecule has 0 radical (unpaired) electrons. The summed E-state index contributed by atoms with van der Waals surface area (Å²) >= 11 is 0. The highest BCUT2D eigenvalue weighted by Gasteiger charge is 2.31. The Morgan fingerprint density at radius 2 is 1.94 bits per heavy atom. The number of aryl methyl sites for hydroxylation is 1. The van der Waals surface area contributed by atoms with Crippen molar-refractivity contribution in [1.82, 2.24) is 9.78 Å². The molecule has 0 bridgehead atoms. The van der Waals surface area contributed by atoms with Crippen LogP contribution in [-0.4, -0.2) is 41.4 Å². The SMILES string of the molecule is COc1ccc(C(=O)Nc2cnn3c2C(=O)N(c2ccc(CCC(F)(F)F)cc2)CC3)cc1C#N. The summed E-state index contributed by atoms with van der Waals surface area (Å²) in [6.07, 6.45) is -3.91. The molecule has 0 atom stereocenters. The topological polar surface area (TPSA) is 100 Å². The number of rotatable bonds is 6. The third-order valence-electron chi connectivity index (χ3n) is 5.60. The normalized spacial score (nSPS) is 13.2. The predicted octanol–water partition coefficient (Wildman–Crippen LogP) is 4.17. The van der Waals surface area contributed by atoms with Crippen LogP contribution in [-0.2, 0) is 13.0 Å². The lowest BCUT2D eigenvalue weighted by Gasteiger charge is -2.28. The van der Waals surface area contributed by atoms with Gasteiger partial charge in [0, 0.05) is 24.2 Å². The fourth-order valence-electron chi connectivity index (χ4n) is 3.80. The average molecular weight is 483 g/mol. The minimum Gasteiger partial charge on any atom is -0.495 e. The molecule has 1 aliphatic rings. The van der Waals surface area contributed by atoms with E-state index < -0.39 is 24.4 Å². The number of ether oxygens (including phenoxy) is 1. The summed E-state index contributed by atoms with van der Waals surface area (Å²) in [7, 11) is 1.42. The van der Waals surface area contributed by atoms with Gasteiger partial charge < -0.3 is 15.0 Å². The number of nitriles is 1. The number of fused-ring (bicyclic) bond motifs is 1. The van der Waals surface area contributed by atoms with Crippen LogP contribution in [0.25, 0.3) is 0 Å². The van der Waals surface area contributed by atoms with Crippen LogP contribution in [0.15, 0.2) is 48.7 Å². The van der Waals surface area contributed by atoms with E-state index in [1.54, 1.807) is 24.3 Å². The molecule has 0 saturated carbocycles. The van der Waals surface area contributed by atoms with Gasteiger partial charge in [-0.15, -0.1) is 0 Å². The van der Waals surface area contributed by atoms with Gasteiger partial charge in [0.15, 0.2) is 0 Å². The van der Waals surface area contributed by atoms with Gasteiger partial charge >= 0.3 is 6.18 Å². The molecule has 11 heteroatoms. The molecule has 4 rings (SSSR count). The highest BCUT2D eigenvalue weighted by Crippen LogP contribution is 2.28. The molecule has 0 spiro atoms. The fourth-order valence-corrected chi connectivity index (χ4v) is 3.80. The number of nitrogens with one attached hydrogen (secondary N) is 1. The van der Waals surface area contributed by atoms with Crippen LogP contribution in [0.2, 0.25) is 0 Å². The summed E-state index contributed by atoms with van der Waals surface area (Å²) in [5, 5.41) is 16.1. The highest BCUT2D eigenvalue weighted by atomic mass is 19.4. The summed E-state index contributed by atoms with van der Waals surface area (Å²) < 4.78 is 44.0. The Labute approximate surface area is 198 Å². The number of methoxy groups -OCH3 is 1.